The van der Waals surface area contributed by atoms with E-state index >= 15 is 0 Å². The minimum absolute atomic E-state index is 0.105. The Morgan fingerprint density at radius 2 is 1.65 bits per heavy atom. The van der Waals surface area contributed by atoms with Gasteiger partial charge in [0, 0.05) is 15.0 Å². The first-order chi connectivity index (χ1) is 18.8. The number of halogens is 3. The lowest BCUT2D eigenvalue weighted by Gasteiger charge is -2.21. The molecule has 1 atom stereocenters. The van der Waals surface area contributed by atoms with E-state index in [9.17, 15) is 27.9 Å². The van der Waals surface area contributed by atoms with Gasteiger partial charge < -0.3 is 10.2 Å². The number of rotatable bonds is 8. The average Bonchev–Trinajstić information content (AvgIpc) is 3.54. The Balaban J connectivity index is 0.000000415. The first-order valence-corrected chi connectivity index (χ1v) is 13.7. The molecule has 0 aliphatic heterocycles. The number of tetrazole rings is 1. The van der Waals surface area contributed by atoms with Crippen LogP contribution in [0.3, 0.4) is 0 Å². The zero-order chi connectivity index (χ0) is 29.6. The first kappa shape index (κ1) is 30.8. The predicted molar refractivity (Wildman–Crippen MR) is 147 cm³/mol. The Hall–Kier alpha value is -3.71. The van der Waals surface area contributed by atoms with E-state index in [1.54, 1.807) is 17.8 Å². The van der Waals surface area contributed by atoms with Crippen LogP contribution >= 0.6 is 23.1 Å². The summed E-state index contributed by atoms with van der Waals surface area (Å²) >= 11 is 2.98. The summed E-state index contributed by atoms with van der Waals surface area (Å²) in [5.74, 6) is -1.39. The van der Waals surface area contributed by atoms with Gasteiger partial charge in [0.1, 0.15) is 11.3 Å². The molecule has 13 heteroatoms. The maximum atomic E-state index is 12.9. The van der Waals surface area contributed by atoms with E-state index in [0.717, 1.165) is 44.2 Å². The molecule has 0 saturated carbocycles. The number of nitrogens with one attached hydrogen (secondary N) is 1. The van der Waals surface area contributed by atoms with Crippen molar-refractivity contribution in [2.75, 3.05) is 0 Å². The monoisotopic (exact) mass is 592 g/mol. The number of H-pyrrole nitrogens is 1. The summed E-state index contributed by atoms with van der Waals surface area (Å²) in [7, 11) is 0. The van der Waals surface area contributed by atoms with Crippen LogP contribution in [0, 0.1) is 19.8 Å². The second kappa shape index (κ2) is 13.1. The van der Waals surface area contributed by atoms with Crippen LogP contribution in [0.15, 0.2) is 53.4 Å². The van der Waals surface area contributed by atoms with Gasteiger partial charge in [-0.3, -0.25) is 4.79 Å². The van der Waals surface area contributed by atoms with E-state index in [2.05, 4.69) is 34.5 Å². The standard InChI is InChI=1S/C24H23F3O2S2.C3H4N4O2/c1-13(2)22(19-9-10-20(31-19)23(28)29)30-18-11-14(3)21(15(4)12-18)16-5-7-17(8-6-16)24(25,26)27;8-3(9)1-2-4-6-7-5-2/h5-13,22H,1-4H3,(H,28,29);1H2,(H,8,9)(H,4,5,6,7). The number of aryl methyl sites for hydroxylation is 2. The Morgan fingerprint density at radius 1 is 1.02 bits per heavy atom. The lowest BCUT2D eigenvalue weighted by atomic mass is 9.95. The van der Waals surface area contributed by atoms with E-state index in [-0.39, 0.29) is 17.5 Å². The number of aliphatic carboxylic acids is 1. The van der Waals surface area contributed by atoms with Gasteiger partial charge in [-0.25, -0.2) is 4.79 Å². The normalized spacial score (nSPS) is 12.1. The summed E-state index contributed by atoms with van der Waals surface area (Å²) in [5.41, 5.74) is 3.01. The van der Waals surface area contributed by atoms with Gasteiger partial charge in [0.2, 0.25) is 0 Å². The molecule has 0 fully saturated rings. The SMILES string of the molecule is Cc1cc(SC(c2ccc(C(=O)O)s2)C(C)C)cc(C)c1-c1ccc(C(F)(F)F)cc1.O=C(O)Cc1nn[nH]n1. The Kier molecular flexibility index (Phi) is 10.1. The summed E-state index contributed by atoms with van der Waals surface area (Å²) in [5, 5.41) is 29.7. The number of nitrogens with zero attached hydrogens (tertiary/aromatic N) is 3. The molecule has 0 aliphatic carbocycles. The highest BCUT2D eigenvalue weighted by Crippen LogP contribution is 2.45. The molecule has 3 N–H and O–H groups in total. The average molecular weight is 593 g/mol. The minimum Gasteiger partial charge on any atom is -0.481 e. The number of hydrogen-bond donors (Lipinski definition) is 3. The van der Waals surface area contributed by atoms with Crippen LogP contribution < -0.4 is 0 Å². The van der Waals surface area contributed by atoms with Crippen molar-refractivity contribution in [2.45, 2.75) is 50.4 Å². The smallest absolute Gasteiger partial charge is 0.416 e. The third-order valence-electron chi connectivity index (χ3n) is 5.69. The molecule has 2 heterocycles. The van der Waals surface area contributed by atoms with Crippen molar-refractivity contribution < 1.29 is 33.0 Å². The lowest BCUT2D eigenvalue weighted by Crippen LogP contribution is -2.04. The third-order valence-corrected chi connectivity index (χ3v) is 8.56. The van der Waals surface area contributed by atoms with Gasteiger partial charge >= 0.3 is 18.1 Å². The summed E-state index contributed by atoms with van der Waals surface area (Å²) in [6.07, 6.45) is -4.53. The molecule has 0 radical (unpaired) electrons. The molecule has 1 unspecified atom stereocenters. The molecule has 40 heavy (non-hydrogen) atoms. The zero-order valence-electron chi connectivity index (χ0n) is 22.0. The molecule has 8 nitrogen and oxygen atoms in total. The van der Waals surface area contributed by atoms with Crippen LogP contribution in [-0.2, 0) is 17.4 Å². The van der Waals surface area contributed by atoms with E-state index in [4.69, 9.17) is 5.11 Å². The third kappa shape index (κ3) is 8.15. The number of hydrogen-bond acceptors (Lipinski definition) is 7. The van der Waals surface area contributed by atoms with Gasteiger partial charge in [0.15, 0.2) is 5.82 Å². The number of benzene rings is 2. The quantitative estimate of drug-likeness (QED) is 0.185. The number of carbonyl (C=O) groups is 2. The molecule has 0 aliphatic rings. The summed E-state index contributed by atoms with van der Waals surface area (Å²) in [4.78, 5) is 23.6. The van der Waals surface area contributed by atoms with E-state index in [0.29, 0.717) is 10.8 Å². The van der Waals surface area contributed by atoms with Crippen molar-refractivity contribution >= 4 is 35.0 Å². The maximum Gasteiger partial charge on any atom is 0.416 e. The second-order valence-electron chi connectivity index (χ2n) is 9.20. The fourth-order valence-electron chi connectivity index (χ4n) is 3.96. The highest BCUT2D eigenvalue weighted by molar-refractivity contribution is 7.99. The van der Waals surface area contributed by atoms with Crippen LogP contribution in [0.5, 0.6) is 0 Å². The number of carboxylic acids is 2. The van der Waals surface area contributed by atoms with Crippen LogP contribution in [0.2, 0.25) is 0 Å². The van der Waals surface area contributed by atoms with Gasteiger partial charge in [-0.15, -0.1) is 33.3 Å². The molecule has 2 aromatic heterocycles. The van der Waals surface area contributed by atoms with Crippen LogP contribution in [0.25, 0.3) is 11.1 Å². The van der Waals surface area contributed by atoms with Crippen LogP contribution in [-0.4, -0.2) is 42.8 Å². The Bertz CT molecular complexity index is 1430. The molecule has 0 bridgehead atoms. The van der Waals surface area contributed by atoms with Gasteiger partial charge in [0.25, 0.3) is 0 Å². The van der Waals surface area contributed by atoms with Crippen LogP contribution in [0.4, 0.5) is 13.2 Å². The fourth-order valence-corrected chi connectivity index (χ4v) is 6.50. The molecular formula is C27H27F3N4O4S2. The van der Waals surface area contributed by atoms with Gasteiger partial charge in [-0.1, -0.05) is 31.2 Å². The molecule has 4 aromatic rings. The largest absolute Gasteiger partial charge is 0.481 e. The summed E-state index contributed by atoms with van der Waals surface area (Å²) in [6, 6.07) is 12.9. The first-order valence-electron chi connectivity index (χ1n) is 12.0. The molecule has 0 spiro atoms. The van der Waals surface area contributed by atoms with E-state index in [1.165, 1.54) is 23.5 Å². The molecule has 0 amide bonds. The number of alkyl halides is 3. The molecule has 4 rings (SSSR count). The lowest BCUT2D eigenvalue weighted by molar-refractivity contribution is -0.138. The molecule has 212 valence electrons. The van der Waals surface area contributed by atoms with Crippen LogP contribution in [0.1, 0.15) is 56.2 Å². The number of aromatic nitrogens is 4. The highest BCUT2D eigenvalue weighted by atomic mass is 32.2. The number of aromatic amines is 1. The topological polar surface area (TPSA) is 129 Å². The van der Waals surface area contributed by atoms with Gasteiger partial charge in [-0.05, 0) is 78.4 Å². The molecule has 0 saturated heterocycles. The van der Waals surface area contributed by atoms with Crippen molar-refractivity contribution in [1.82, 2.24) is 20.6 Å². The summed E-state index contributed by atoms with van der Waals surface area (Å²) < 4.78 is 38.6. The van der Waals surface area contributed by atoms with Gasteiger partial charge in [-0.2, -0.15) is 18.4 Å². The maximum absolute atomic E-state index is 12.9. The number of thioether (sulfide) groups is 1. The van der Waals surface area contributed by atoms with E-state index < -0.39 is 23.7 Å². The van der Waals surface area contributed by atoms with Crippen molar-refractivity contribution in [3.8, 4) is 11.1 Å². The van der Waals surface area contributed by atoms with Crippen molar-refractivity contribution in [1.29, 1.82) is 0 Å². The minimum atomic E-state index is -4.35. The van der Waals surface area contributed by atoms with E-state index in [1.807, 2.05) is 32.0 Å². The number of thiophene rings is 1. The van der Waals surface area contributed by atoms with Crippen molar-refractivity contribution in [2.24, 2.45) is 5.92 Å². The Labute approximate surface area is 236 Å². The highest BCUT2D eigenvalue weighted by Gasteiger charge is 2.30. The number of carboxylic acid groups (broad SMARTS) is 2. The molecule has 2 aromatic carbocycles. The fraction of sp³-hybridized carbons (Fsp3) is 0.296. The molecular weight excluding hydrogens is 565 g/mol. The zero-order valence-corrected chi connectivity index (χ0v) is 23.6. The summed E-state index contributed by atoms with van der Waals surface area (Å²) in [6.45, 7) is 8.13. The number of aromatic carboxylic acids is 1. The second-order valence-corrected chi connectivity index (χ2v) is 11.5. The van der Waals surface area contributed by atoms with Crippen molar-refractivity contribution in [3.05, 3.63) is 80.8 Å². The Morgan fingerprint density at radius 3 is 2.10 bits per heavy atom. The van der Waals surface area contributed by atoms with Gasteiger partial charge in [0.05, 0.1) is 5.56 Å². The predicted octanol–water partition coefficient (Wildman–Crippen LogP) is 7.07. The van der Waals surface area contributed by atoms with Crippen molar-refractivity contribution in [3.63, 3.8) is 0 Å².